The molecule has 0 aliphatic carbocycles. The number of carbonyl (C=O) groups excluding carboxylic acids is 1. The van der Waals surface area contributed by atoms with Gasteiger partial charge in [-0.3, -0.25) is 10.1 Å². The highest BCUT2D eigenvalue weighted by molar-refractivity contribution is 7.89. The Bertz CT molecular complexity index is 1140. The minimum Gasteiger partial charge on any atom is -0.323 e. The zero-order valence-electron chi connectivity index (χ0n) is 19.5. The van der Waals surface area contributed by atoms with Crippen molar-refractivity contribution in [2.75, 3.05) is 19.6 Å². The number of amides is 1. The monoisotopic (exact) mass is 523 g/mol. The van der Waals surface area contributed by atoms with E-state index in [1.165, 1.54) is 22.5 Å². The third-order valence-electron chi connectivity index (χ3n) is 7.08. The van der Waals surface area contributed by atoms with Crippen LogP contribution in [0, 0.1) is 5.92 Å². The first-order valence-electron chi connectivity index (χ1n) is 11.7. The van der Waals surface area contributed by atoms with Gasteiger partial charge in [0.05, 0.1) is 26.6 Å². The Morgan fingerprint density at radius 3 is 2.38 bits per heavy atom. The number of rotatable bonds is 7. The van der Waals surface area contributed by atoms with Gasteiger partial charge in [-0.25, -0.2) is 8.42 Å². The molecule has 2 aliphatic heterocycles. The topological polar surface area (TPSA) is 69.7 Å². The number of carbonyl (C=O) groups is 1. The Labute approximate surface area is 212 Å². The van der Waals surface area contributed by atoms with Crippen LogP contribution in [0.2, 0.25) is 10.0 Å². The Morgan fingerprint density at radius 1 is 1.09 bits per heavy atom. The maximum absolute atomic E-state index is 13.5. The van der Waals surface area contributed by atoms with Crippen LogP contribution in [0.5, 0.6) is 0 Å². The maximum Gasteiger partial charge on any atom is 0.243 e. The summed E-state index contributed by atoms with van der Waals surface area (Å²) in [5.41, 5.74) is 0.567. The van der Waals surface area contributed by atoms with Gasteiger partial charge in [-0.2, -0.15) is 4.31 Å². The summed E-state index contributed by atoms with van der Waals surface area (Å²) in [6.07, 6.45) is 2.65. The van der Waals surface area contributed by atoms with Crippen LogP contribution in [0.3, 0.4) is 0 Å². The van der Waals surface area contributed by atoms with Crippen molar-refractivity contribution in [1.29, 1.82) is 0 Å². The lowest BCUT2D eigenvalue weighted by atomic mass is 9.95. The molecule has 0 bridgehead atoms. The second kappa shape index (κ2) is 10.2. The van der Waals surface area contributed by atoms with Crippen molar-refractivity contribution in [3.8, 4) is 0 Å². The van der Waals surface area contributed by atoms with E-state index < -0.39 is 15.7 Å². The average molecular weight is 525 g/mol. The fourth-order valence-electron chi connectivity index (χ4n) is 4.85. The molecular weight excluding hydrogens is 493 g/mol. The molecule has 2 aromatic carbocycles. The molecule has 1 amide bonds. The third kappa shape index (κ3) is 5.00. The number of benzene rings is 2. The lowest BCUT2D eigenvalue weighted by Crippen LogP contribution is -2.60. The average Bonchev–Trinajstić information content (AvgIpc) is 3.06. The molecular formula is C25H31Cl2N3O3S. The van der Waals surface area contributed by atoms with Crippen LogP contribution in [0.15, 0.2) is 53.4 Å². The highest BCUT2D eigenvalue weighted by atomic mass is 35.5. The number of halogens is 2. The highest BCUT2D eigenvalue weighted by Gasteiger charge is 2.52. The Kier molecular flexibility index (Phi) is 7.60. The summed E-state index contributed by atoms with van der Waals surface area (Å²) in [4.78, 5) is 15.6. The zero-order valence-corrected chi connectivity index (χ0v) is 21.8. The molecule has 0 saturated carbocycles. The van der Waals surface area contributed by atoms with E-state index in [2.05, 4.69) is 19.2 Å². The molecule has 34 heavy (non-hydrogen) atoms. The van der Waals surface area contributed by atoms with Crippen molar-refractivity contribution in [1.82, 2.24) is 14.5 Å². The Hall–Kier alpha value is -1.64. The minimum atomic E-state index is -3.71. The van der Waals surface area contributed by atoms with Gasteiger partial charge in [0.15, 0.2) is 0 Å². The summed E-state index contributed by atoms with van der Waals surface area (Å²) in [5, 5.41) is 4.16. The van der Waals surface area contributed by atoms with Crippen molar-refractivity contribution in [3.05, 3.63) is 64.1 Å². The lowest BCUT2D eigenvalue weighted by Gasteiger charge is -2.45. The summed E-state index contributed by atoms with van der Waals surface area (Å²) in [6.45, 7) is 5.57. The molecule has 1 N–H and O–H groups in total. The van der Waals surface area contributed by atoms with Gasteiger partial charge in [-0.1, -0.05) is 73.8 Å². The van der Waals surface area contributed by atoms with Crippen LogP contribution < -0.4 is 5.32 Å². The zero-order chi connectivity index (χ0) is 24.5. The van der Waals surface area contributed by atoms with Gasteiger partial charge in [0.25, 0.3) is 0 Å². The van der Waals surface area contributed by atoms with Crippen LogP contribution in [0.25, 0.3) is 0 Å². The van der Waals surface area contributed by atoms with E-state index >= 15 is 0 Å². The van der Waals surface area contributed by atoms with Gasteiger partial charge in [0.1, 0.15) is 0 Å². The first-order chi connectivity index (χ1) is 16.2. The Balaban J connectivity index is 1.54. The first kappa shape index (κ1) is 25.5. The quantitative estimate of drug-likeness (QED) is 0.577. The Morgan fingerprint density at radius 2 is 1.76 bits per heavy atom. The van der Waals surface area contributed by atoms with Gasteiger partial charge in [0.2, 0.25) is 15.9 Å². The van der Waals surface area contributed by atoms with E-state index in [0.717, 1.165) is 12.0 Å². The summed E-state index contributed by atoms with van der Waals surface area (Å²) < 4.78 is 28.0. The molecule has 9 heteroatoms. The van der Waals surface area contributed by atoms with Crippen LogP contribution >= 0.6 is 23.2 Å². The molecule has 4 rings (SSSR count). The molecule has 184 valence electrons. The van der Waals surface area contributed by atoms with Crippen molar-refractivity contribution in [2.45, 2.75) is 56.1 Å². The normalized spacial score (nSPS) is 21.8. The summed E-state index contributed by atoms with van der Waals surface area (Å²) in [6, 6.07) is 14.1. The minimum absolute atomic E-state index is 0.102. The molecule has 6 nitrogen and oxygen atoms in total. The molecule has 2 saturated heterocycles. The SMILES string of the molecule is CC[C@H](C)CN1C(=O)[C@H](Cc2ccccc2)NC12CCN(S(=O)(=O)c1ccc(Cl)c(Cl)c1)CC2. The number of hydrogen-bond acceptors (Lipinski definition) is 4. The largest absolute Gasteiger partial charge is 0.323 e. The van der Waals surface area contributed by atoms with Gasteiger partial charge >= 0.3 is 0 Å². The number of hydrogen-bond donors (Lipinski definition) is 1. The third-order valence-corrected chi connectivity index (χ3v) is 9.71. The molecule has 2 atom stereocenters. The molecule has 0 radical (unpaired) electrons. The van der Waals surface area contributed by atoms with Gasteiger partial charge in [-0.05, 0) is 48.9 Å². The van der Waals surface area contributed by atoms with Crippen LogP contribution in [-0.4, -0.2) is 54.9 Å². The number of sulfonamides is 1. The summed E-state index contributed by atoms with van der Waals surface area (Å²) in [7, 11) is -3.71. The fourth-order valence-corrected chi connectivity index (χ4v) is 6.68. The molecule has 0 aromatic heterocycles. The number of nitrogens with one attached hydrogen (secondary N) is 1. The second-order valence-corrected chi connectivity index (χ2v) is 12.1. The van der Waals surface area contributed by atoms with Gasteiger partial charge in [0, 0.05) is 19.6 Å². The van der Waals surface area contributed by atoms with E-state index in [0.29, 0.717) is 49.8 Å². The van der Waals surface area contributed by atoms with E-state index in [1.807, 2.05) is 35.2 Å². The van der Waals surface area contributed by atoms with Gasteiger partial charge < -0.3 is 4.90 Å². The summed E-state index contributed by atoms with van der Waals surface area (Å²) in [5.74, 6) is 0.459. The van der Waals surface area contributed by atoms with Crippen molar-refractivity contribution in [2.24, 2.45) is 5.92 Å². The van der Waals surface area contributed by atoms with Crippen molar-refractivity contribution < 1.29 is 13.2 Å². The lowest BCUT2D eigenvalue weighted by molar-refractivity contribution is -0.134. The van der Waals surface area contributed by atoms with Crippen LogP contribution in [0.1, 0.15) is 38.7 Å². The first-order valence-corrected chi connectivity index (χ1v) is 13.9. The van der Waals surface area contributed by atoms with E-state index in [9.17, 15) is 13.2 Å². The fraction of sp³-hybridized carbons (Fsp3) is 0.480. The molecule has 1 spiro atoms. The van der Waals surface area contributed by atoms with E-state index in [1.54, 1.807) is 0 Å². The predicted molar refractivity (Wildman–Crippen MR) is 135 cm³/mol. The van der Waals surface area contributed by atoms with Gasteiger partial charge in [-0.15, -0.1) is 0 Å². The standard InChI is InChI=1S/C25H31Cl2N3O3S/c1-3-18(2)17-30-24(31)23(15-19-7-5-4-6-8-19)28-25(30)11-13-29(14-12-25)34(32,33)20-9-10-21(26)22(27)16-20/h4-10,16,18,23,28H,3,11-15,17H2,1-2H3/t18-,23-/m0/s1. The van der Waals surface area contributed by atoms with E-state index in [-0.39, 0.29) is 21.9 Å². The van der Waals surface area contributed by atoms with Crippen LogP contribution in [0.4, 0.5) is 0 Å². The summed E-state index contributed by atoms with van der Waals surface area (Å²) >= 11 is 12.0. The number of nitrogens with zero attached hydrogens (tertiary/aromatic N) is 2. The van der Waals surface area contributed by atoms with Crippen molar-refractivity contribution in [3.63, 3.8) is 0 Å². The number of piperidine rings is 1. The molecule has 2 fully saturated rings. The predicted octanol–water partition coefficient (Wildman–Crippen LogP) is 4.56. The molecule has 2 aromatic rings. The maximum atomic E-state index is 13.5. The molecule has 0 unspecified atom stereocenters. The highest BCUT2D eigenvalue weighted by Crippen LogP contribution is 2.36. The second-order valence-electron chi connectivity index (χ2n) is 9.36. The van der Waals surface area contributed by atoms with Crippen molar-refractivity contribution >= 4 is 39.1 Å². The molecule has 2 heterocycles. The van der Waals surface area contributed by atoms with Crippen LogP contribution in [-0.2, 0) is 21.2 Å². The smallest absolute Gasteiger partial charge is 0.243 e. The van der Waals surface area contributed by atoms with E-state index in [4.69, 9.17) is 23.2 Å². The molecule has 2 aliphatic rings.